The first-order valence-electron chi connectivity index (χ1n) is 11.9. The van der Waals surface area contributed by atoms with Crippen LogP contribution in [-0.4, -0.2) is 20.9 Å². The molecular weight excluding hydrogens is 370 g/mol. The normalized spacial score (nSPS) is 11.9. The Balaban J connectivity index is 1.71. The molecule has 0 aliphatic rings. The number of nitrogens with zero attached hydrogens (tertiary/aromatic N) is 3. The molecule has 1 N–H and O–H groups in total. The number of hydrogen-bond acceptors (Lipinski definition) is 4. The van der Waals surface area contributed by atoms with E-state index >= 15 is 0 Å². The van der Waals surface area contributed by atoms with E-state index in [1.165, 1.54) is 70.6 Å². The Kier molecular flexibility index (Phi) is 12.5. The van der Waals surface area contributed by atoms with E-state index in [4.69, 9.17) is 0 Å². The standard InChI is InChI=1S/C26H39N3O/c1-2-3-4-5-6-7-8-9-10-11-12-13-20-25(29-30)26(23-18-14-16-21-27-23)24-19-15-17-22-28-24/h14-19,21-22,26,30H,2-13,20H2,1H3. The molecule has 2 aromatic rings. The summed E-state index contributed by atoms with van der Waals surface area (Å²) in [6.07, 6.45) is 20.1. The van der Waals surface area contributed by atoms with Crippen LogP contribution in [0.15, 0.2) is 53.9 Å². The third-order valence-corrected chi connectivity index (χ3v) is 5.72. The summed E-state index contributed by atoms with van der Waals surface area (Å²) in [5.74, 6) is -0.190. The Morgan fingerprint density at radius 1 is 0.733 bits per heavy atom. The molecule has 0 amide bonds. The predicted molar refractivity (Wildman–Crippen MR) is 125 cm³/mol. The van der Waals surface area contributed by atoms with Crippen LogP contribution in [0, 0.1) is 0 Å². The molecule has 2 aromatic heterocycles. The molecule has 0 bridgehead atoms. The second-order valence-electron chi connectivity index (χ2n) is 8.17. The summed E-state index contributed by atoms with van der Waals surface area (Å²) in [6, 6.07) is 11.7. The van der Waals surface area contributed by atoms with E-state index in [2.05, 4.69) is 22.0 Å². The van der Waals surface area contributed by atoms with E-state index in [0.29, 0.717) is 0 Å². The Morgan fingerprint density at radius 2 is 1.20 bits per heavy atom. The SMILES string of the molecule is CCCCCCCCCCCCCCC(=NO)C(c1ccccn1)c1ccccn1. The molecule has 0 radical (unpaired) electrons. The molecule has 0 saturated heterocycles. The van der Waals surface area contributed by atoms with Gasteiger partial charge in [0.05, 0.1) is 23.0 Å². The lowest BCUT2D eigenvalue weighted by atomic mass is 9.91. The molecule has 4 heteroatoms. The average molecular weight is 410 g/mol. The lowest BCUT2D eigenvalue weighted by Crippen LogP contribution is -2.17. The smallest absolute Gasteiger partial charge is 0.0851 e. The lowest BCUT2D eigenvalue weighted by Gasteiger charge is -2.17. The van der Waals surface area contributed by atoms with Crippen molar-refractivity contribution in [2.75, 3.05) is 0 Å². The largest absolute Gasteiger partial charge is 0.411 e. The fraction of sp³-hybridized carbons (Fsp3) is 0.577. The molecule has 0 aromatic carbocycles. The molecule has 4 nitrogen and oxygen atoms in total. The molecule has 0 aliphatic carbocycles. The van der Waals surface area contributed by atoms with Gasteiger partial charge < -0.3 is 5.21 Å². The van der Waals surface area contributed by atoms with Gasteiger partial charge in [-0.15, -0.1) is 0 Å². The fourth-order valence-corrected chi connectivity index (χ4v) is 3.99. The quantitative estimate of drug-likeness (QED) is 0.135. The summed E-state index contributed by atoms with van der Waals surface area (Å²) in [5, 5.41) is 13.4. The second-order valence-corrected chi connectivity index (χ2v) is 8.17. The third kappa shape index (κ3) is 9.06. The second kappa shape index (κ2) is 15.6. The molecule has 164 valence electrons. The van der Waals surface area contributed by atoms with Crippen LogP contribution in [0.3, 0.4) is 0 Å². The van der Waals surface area contributed by atoms with Gasteiger partial charge in [0, 0.05) is 12.4 Å². The summed E-state index contributed by atoms with van der Waals surface area (Å²) in [6.45, 7) is 2.27. The molecule has 0 unspecified atom stereocenters. The highest BCUT2D eigenvalue weighted by Crippen LogP contribution is 2.26. The maximum absolute atomic E-state index is 9.73. The van der Waals surface area contributed by atoms with Gasteiger partial charge in [0.25, 0.3) is 0 Å². The molecule has 2 heterocycles. The zero-order valence-electron chi connectivity index (χ0n) is 18.7. The number of pyridine rings is 2. The van der Waals surface area contributed by atoms with Crippen molar-refractivity contribution in [1.29, 1.82) is 0 Å². The molecule has 2 rings (SSSR count). The number of oxime groups is 1. The maximum atomic E-state index is 9.73. The molecule has 0 spiro atoms. The van der Waals surface area contributed by atoms with Gasteiger partial charge in [-0.05, 0) is 37.1 Å². The summed E-state index contributed by atoms with van der Waals surface area (Å²) < 4.78 is 0. The van der Waals surface area contributed by atoms with Crippen molar-refractivity contribution in [3.8, 4) is 0 Å². The van der Waals surface area contributed by atoms with E-state index < -0.39 is 0 Å². The average Bonchev–Trinajstić information content (AvgIpc) is 2.80. The van der Waals surface area contributed by atoms with Crippen LogP contribution in [0.25, 0.3) is 0 Å². The highest BCUT2D eigenvalue weighted by Gasteiger charge is 2.23. The number of hydrogen-bond donors (Lipinski definition) is 1. The van der Waals surface area contributed by atoms with Crippen LogP contribution in [0.1, 0.15) is 108 Å². The molecular formula is C26H39N3O. The van der Waals surface area contributed by atoms with E-state index in [1.54, 1.807) is 12.4 Å². The van der Waals surface area contributed by atoms with Gasteiger partial charge in [-0.3, -0.25) is 9.97 Å². The molecule has 0 atom stereocenters. The van der Waals surface area contributed by atoms with Crippen molar-refractivity contribution in [2.45, 2.75) is 96.3 Å². The minimum atomic E-state index is -0.190. The maximum Gasteiger partial charge on any atom is 0.0851 e. The van der Waals surface area contributed by atoms with E-state index in [1.807, 2.05) is 36.4 Å². The van der Waals surface area contributed by atoms with E-state index in [-0.39, 0.29) is 5.92 Å². The van der Waals surface area contributed by atoms with Crippen LogP contribution in [0.5, 0.6) is 0 Å². The van der Waals surface area contributed by atoms with Gasteiger partial charge in [-0.2, -0.15) is 0 Å². The van der Waals surface area contributed by atoms with Crippen molar-refractivity contribution in [2.24, 2.45) is 5.16 Å². The van der Waals surface area contributed by atoms with Crippen molar-refractivity contribution < 1.29 is 5.21 Å². The van der Waals surface area contributed by atoms with Gasteiger partial charge >= 0.3 is 0 Å². The molecule has 30 heavy (non-hydrogen) atoms. The van der Waals surface area contributed by atoms with Gasteiger partial charge in [0.15, 0.2) is 0 Å². The van der Waals surface area contributed by atoms with Crippen molar-refractivity contribution >= 4 is 5.71 Å². The van der Waals surface area contributed by atoms with Gasteiger partial charge in [-0.1, -0.05) is 94.8 Å². The fourth-order valence-electron chi connectivity index (χ4n) is 3.99. The summed E-state index contributed by atoms with van der Waals surface area (Å²) in [7, 11) is 0. The predicted octanol–water partition coefficient (Wildman–Crippen LogP) is 7.53. The summed E-state index contributed by atoms with van der Waals surface area (Å²) in [5.41, 5.74) is 2.50. The Morgan fingerprint density at radius 3 is 1.60 bits per heavy atom. The topological polar surface area (TPSA) is 58.4 Å². The van der Waals surface area contributed by atoms with Crippen molar-refractivity contribution in [1.82, 2.24) is 9.97 Å². The number of rotatable bonds is 16. The number of aromatic nitrogens is 2. The highest BCUT2D eigenvalue weighted by molar-refractivity contribution is 5.92. The van der Waals surface area contributed by atoms with Crippen LogP contribution >= 0.6 is 0 Å². The minimum absolute atomic E-state index is 0.190. The monoisotopic (exact) mass is 409 g/mol. The summed E-state index contributed by atoms with van der Waals surface area (Å²) >= 11 is 0. The van der Waals surface area contributed by atoms with Crippen LogP contribution in [-0.2, 0) is 0 Å². The van der Waals surface area contributed by atoms with Crippen LogP contribution in [0.4, 0.5) is 0 Å². The van der Waals surface area contributed by atoms with E-state index in [9.17, 15) is 5.21 Å². The zero-order valence-corrected chi connectivity index (χ0v) is 18.7. The Hall–Kier alpha value is -2.23. The van der Waals surface area contributed by atoms with E-state index in [0.717, 1.165) is 29.9 Å². The molecule has 0 aliphatic heterocycles. The van der Waals surface area contributed by atoms with Crippen LogP contribution < -0.4 is 0 Å². The molecule has 0 fully saturated rings. The zero-order chi connectivity index (χ0) is 21.3. The van der Waals surface area contributed by atoms with Crippen LogP contribution in [0.2, 0.25) is 0 Å². The lowest BCUT2D eigenvalue weighted by molar-refractivity contribution is 0.315. The number of unbranched alkanes of at least 4 members (excludes halogenated alkanes) is 11. The highest BCUT2D eigenvalue weighted by atomic mass is 16.4. The van der Waals surface area contributed by atoms with Gasteiger partial charge in [0.2, 0.25) is 0 Å². The van der Waals surface area contributed by atoms with Crippen molar-refractivity contribution in [3.05, 3.63) is 60.2 Å². The van der Waals surface area contributed by atoms with Gasteiger partial charge in [0.1, 0.15) is 0 Å². The van der Waals surface area contributed by atoms with Gasteiger partial charge in [-0.25, -0.2) is 0 Å². The van der Waals surface area contributed by atoms with Crippen molar-refractivity contribution in [3.63, 3.8) is 0 Å². The summed E-state index contributed by atoms with van der Waals surface area (Å²) in [4.78, 5) is 9.00. The molecule has 0 saturated carbocycles. The Labute approximate surface area is 182 Å². The first-order valence-corrected chi connectivity index (χ1v) is 11.9. The Bertz CT molecular complexity index is 648. The minimum Gasteiger partial charge on any atom is -0.411 e. The first-order chi connectivity index (χ1) is 14.9. The first kappa shape index (κ1) is 24.0. The third-order valence-electron chi connectivity index (χ3n) is 5.72.